The summed E-state index contributed by atoms with van der Waals surface area (Å²) in [6, 6.07) is 9.03. The number of sulfonamides is 1. The lowest BCUT2D eigenvalue weighted by atomic mass is 10.2. The first-order valence-corrected chi connectivity index (χ1v) is 11.1. The topological polar surface area (TPSA) is 114 Å². The average molecular weight is 466 g/mol. The molecule has 11 heteroatoms. The van der Waals surface area contributed by atoms with Gasteiger partial charge in [-0.25, -0.2) is 13.4 Å². The molecule has 1 aromatic carbocycles. The van der Waals surface area contributed by atoms with Gasteiger partial charge in [0.1, 0.15) is 5.82 Å². The van der Waals surface area contributed by atoms with Crippen molar-refractivity contribution in [3.63, 3.8) is 0 Å². The Hall–Kier alpha value is -2.66. The van der Waals surface area contributed by atoms with E-state index in [-0.39, 0.29) is 6.04 Å². The van der Waals surface area contributed by atoms with Crippen LogP contribution in [0.3, 0.4) is 0 Å². The van der Waals surface area contributed by atoms with E-state index >= 15 is 0 Å². The van der Waals surface area contributed by atoms with Crippen LogP contribution in [0, 0.1) is 0 Å². The first kappa shape index (κ1) is 20.1. The fraction of sp³-hybridized carbons (Fsp3) is 0.235. The highest BCUT2D eigenvalue weighted by atomic mass is 79.9. The molecule has 0 aliphatic carbocycles. The van der Waals surface area contributed by atoms with Crippen LogP contribution in [0.15, 0.2) is 47.2 Å². The van der Waals surface area contributed by atoms with Crippen molar-refractivity contribution >= 4 is 54.9 Å². The molecule has 0 atom stereocenters. The average Bonchev–Trinajstić information content (AvgIpc) is 3.07. The largest absolute Gasteiger partial charge is 0.337 e. The molecule has 3 N–H and O–H groups in total. The quantitative estimate of drug-likeness (QED) is 0.484. The highest BCUT2D eigenvalue weighted by molar-refractivity contribution is 9.10. The molecule has 148 valence electrons. The van der Waals surface area contributed by atoms with Gasteiger partial charge in [0.05, 0.1) is 22.1 Å². The van der Waals surface area contributed by atoms with Crippen molar-refractivity contribution in [2.45, 2.75) is 19.9 Å². The van der Waals surface area contributed by atoms with Crippen LogP contribution in [0.5, 0.6) is 0 Å². The Kier molecular flexibility index (Phi) is 5.84. The molecule has 0 amide bonds. The third-order valence-electron chi connectivity index (χ3n) is 3.60. The van der Waals surface area contributed by atoms with Crippen LogP contribution in [0.1, 0.15) is 19.9 Å². The molecule has 3 rings (SSSR count). The van der Waals surface area contributed by atoms with E-state index in [1.54, 1.807) is 30.5 Å². The zero-order valence-electron chi connectivity index (χ0n) is 15.5. The molecular formula is C17H20BrN7O2S. The maximum Gasteiger partial charge on any atom is 0.230 e. The number of hydrogen-bond donors (Lipinski definition) is 3. The Morgan fingerprint density at radius 2 is 1.82 bits per heavy atom. The zero-order valence-corrected chi connectivity index (χ0v) is 17.9. The molecule has 0 radical (unpaired) electrons. The van der Waals surface area contributed by atoms with E-state index in [2.05, 4.69) is 46.4 Å². The van der Waals surface area contributed by atoms with Crippen molar-refractivity contribution in [1.29, 1.82) is 0 Å². The summed E-state index contributed by atoms with van der Waals surface area (Å²) in [5.41, 5.74) is 0.975. The SMILES string of the molecule is CC(C)n1ccc(Nc2ncc(Br)c(Nc3ccccc3NS(C)(=O)=O)n2)n1. The minimum Gasteiger partial charge on any atom is -0.337 e. The number of aromatic nitrogens is 4. The van der Waals surface area contributed by atoms with Gasteiger partial charge < -0.3 is 10.6 Å². The molecule has 0 aliphatic rings. The van der Waals surface area contributed by atoms with Crippen LogP contribution >= 0.6 is 15.9 Å². The Balaban J connectivity index is 1.84. The second-order valence-corrected chi connectivity index (χ2v) is 8.94. The van der Waals surface area contributed by atoms with Crippen LogP contribution in [0.25, 0.3) is 0 Å². The summed E-state index contributed by atoms with van der Waals surface area (Å²) < 4.78 is 28.1. The van der Waals surface area contributed by atoms with Gasteiger partial charge in [0.25, 0.3) is 0 Å². The maximum absolute atomic E-state index is 11.6. The third kappa shape index (κ3) is 5.20. The molecular weight excluding hydrogens is 446 g/mol. The Morgan fingerprint density at radius 3 is 2.46 bits per heavy atom. The summed E-state index contributed by atoms with van der Waals surface area (Å²) >= 11 is 3.41. The molecule has 3 aromatic rings. The maximum atomic E-state index is 11.6. The van der Waals surface area contributed by atoms with Gasteiger partial charge in [-0.15, -0.1) is 0 Å². The lowest BCUT2D eigenvalue weighted by molar-refractivity contribution is 0.534. The van der Waals surface area contributed by atoms with Gasteiger partial charge in [-0.1, -0.05) is 12.1 Å². The standard InChI is InChI=1S/C17H20BrN7O2S/c1-11(2)25-9-8-15(23-25)21-17-19-10-12(18)16(22-17)20-13-6-4-5-7-14(13)24-28(3,26)27/h4-11,24H,1-3H3,(H2,19,20,21,22,23). The molecule has 9 nitrogen and oxygen atoms in total. The van der Waals surface area contributed by atoms with Crippen LogP contribution in [0.4, 0.5) is 29.0 Å². The van der Waals surface area contributed by atoms with Crippen LogP contribution in [0.2, 0.25) is 0 Å². The lowest BCUT2D eigenvalue weighted by Gasteiger charge is -2.13. The van der Waals surface area contributed by atoms with Gasteiger partial charge in [0.2, 0.25) is 16.0 Å². The molecule has 28 heavy (non-hydrogen) atoms. The normalized spacial score (nSPS) is 11.5. The fourth-order valence-electron chi connectivity index (χ4n) is 2.33. The number of nitrogens with zero attached hydrogens (tertiary/aromatic N) is 4. The summed E-state index contributed by atoms with van der Waals surface area (Å²) in [6.45, 7) is 4.08. The highest BCUT2D eigenvalue weighted by Crippen LogP contribution is 2.29. The van der Waals surface area contributed by atoms with Crippen molar-refractivity contribution in [1.82, 2.24) is 19.7 Å². The Bertz CT molecular complexity index is 1080. The highest BCUT2D eigenvalue weighted by Gasteiger charge is 2.11. The molecule has 0 saturated carbocycles. The van der Waals surface area contributed by atoms with E-state index in [4.69, 9.17) is 0 Å². The zero-order chi connectivity index (χ0) is 20.3. The summed E-state index contributed by atoms with van der Waals surface area (Å²) in [4.78, 5) is 8.69. The minimum atomic E-state index is -3.41. The second-order valence-electron chi connectivity index (χ2n) is 6.33. The smallest absolute Gasteiger partial charge is 0.230 e. The number of halogens is 1. The summed E-state index contributed by atoms with van der Waals surface area (Å²) in [6.07, 6.45) is 4.57. The molecule has 2 aromatic heterocycles. The number of anilines is 5. The third-order valence-corrected chi connectivity index (χ3v) is 4.77. The molecule has 0 bridgehead atoms. The summed E-state index contributed by atoms with van der Waals surface area (Å²) in [5, 5.41) is 10.6. The lowest BCUT2D eigenvalue weighted by Crippen LogP contribution is -2.11. The Labute approximate surface area is 171 Å². The fourth-order valence-corrected chi connectivity index (χ4v) is 3.20. The van der Waals surface area contributed by atoms with E-state index in [1.165, 1.54) is 0 Å². The number of nitrogens with one attached hydrogen (secondary N) is 3. The van der Waals surface area contributed by atoms with Crippen LogP contribution in [-0.4, -0.2) is 34.4 Å². The number of rotatable bonds is 7. The van der Waals surface area contributed by atoms with E-state index in [0.717, 1.165) is 6.26 Å². The number of para-hydroxylation sites is 2. The van der Waals surface area contributed by atoms with Gasteiger partial charge >= 0.3 is 0 Å². The van der Waals surface area contributed by atoms with Crippen molar-refractivity contribution < 1.29 is 8.42 Å². The van der Waals surface area contributed by atoms with Crippen molar-refractivity contribution in [2.75, 3.05) is 21.6 Å². The monoisotopic (exact) mass is 465 g/mol. The number of hydrogen-bond acceptors (Lipinski definition) is 7. The van der Waals surface area contributed by atoms with Crippen LogP contribution < -0.4 is 15.4 Å². The molecule has 0 spiro atoms. The van der Waals surface area contributed by atoms with Gasteiger partial charge in [-0.2, -0.15) is 10.1 Å². The van der Waals surface area contributed by atoms with Crippen LogP contribution in [-0.2, 0) is 10.0 Å². The van der Waals surface area contributed by atoms with Gasteiger partial charge in [0.15, 0.2) is 5.82 Å². The molecule has 0 fully saturated rings. The molecule has 0 aliphatic heterocycles. The van der Waals surface area contributed by atoms with Gasteiger partial charge in [-0.3, -0.25) is 9.40 Å². The first-order valence-electron chi connectivity index (χ1n) is 8.40. The Morgan fingerprint density at radius 1 is 1.11 bits per heavy atom. The summed E-state index contributed by atoms with van der Waals surface area (Å²) in [5.74, 6) is 1.46. The van der Waals surface area contributed by atoms with E-state index in [0.29, 0.717) is 33.4 Å². The molecule has 2 heterocycles. The first-order chi connectivity index (χ1) is 13.2. The van der Waals surface area contributed by atoms with Gasteiger partial charge in [-0.05, 0) is 41.9 Å². The second kappa shape index (κ2) is 8.15. The van der Waals surface area contributed by atoms with Crippen molar-refractivity contribution in [3.05, 3.63) is 47.2 Å². The van der Waals surface area contributed by atoms with Crippen molar-refractivity contribution in [2.24, 2.45) is 0 Å². The number of benzene rings is 1. The van der Waals surface area contributed by atoms with E-state index in [9.17, 15) is 8.42 Å². The van der Waals surface area contributed by atoms with E-state index in [1.807, 2.05) is 30.8 Å². The molecule has 0 unspecified atom stereocenters. The predicted octanol–water partition coefficient (Wildman–Crippen LogP) is 3.88. The predicted molar refractivity (Wildman–Crippen MR) is 114 cm³/mol. The molecule has 0 saturated heterocycles. The van der Waals surface area contributed by atoms with Crippen molar-refractivity contribution in [3.8, 4) is 0 Å². The summed E-state index contributed by atoms with van der Waals surface area (Å²) in [7, 11) is -3.41. The van der Waals surface area contributed by atoms with Gasteiger partial charge in [0, 0.05) is 24.5 Å². The van der Waals surface area contributed by atoms with E-state index < -0.39 is 10.0 Å². The minimum absolute atomic E-state index is 0.248.